The van der Waals surface area contributed by atoms with Crippen molar-refractivity contribution in [3.05, 3.63) is 29.8 Å². The summed E-state index contributed by atoms with van der Waals surface area (Å²) in [6, 6.07) is 8.39. The van der Waals surface area contributed by atoms with Gasteiger partial charge in [-0.2, -0.15) is 0 Å². The average molecular weight is 218 g/mol. The summed E-state index contributed by atoms with van der Waals surface area (Å²) >= 11 is 0. The van der Waals surface area contributed by atoms with Crippen molar-refractivity contribution in [2.75, 3.05) is 20.1 Å². The Kier molecular flexibility index (Phi) is 2.19. The molecule has 1 saturated carbocycles. The number of hydrogen-bond acceptors (Lipinski definition) is 3. The van der Waals surface area contributed by atoms with Gasteiger partial charge >= 0.3 is 0 Å². The van der Waals surface area contributed by atoms with Crippen molar-refractivity contribution in [2.24, 2.45) is 0 Å². The van der Waals surface area contributed by atoms with E-state index >= 15 is 0 Å². The lowest BCUT2D eigenvalue weighted by molar-refractivity contribution is 0.111. The van der Waals surface area contributed by atoms with Crippen LogP contribution in [0.5, 0.6) is 5.75 Å². The molecule has 1 aliphatic heterocycles. The minimum absolute atomic E-state index is 0.250. The predicted octanol–water partition coefficient (Wildman–Crippen LogP) is 1.28. The highest BCUT2D eigenvalue weighted by Gasteiger charge is 2.50. The standard InChI is InChI=1S/C13H18N2O/c1-15(11-8-14-9-11)13(6-7-13)10-2-4-12(16)5-3-10/h2-5,11,14,16H,6-9H2,1H3. The lowest BCUT2D eigenvalue weighted by atomic mass is 9.99. The van der Waals surface area contributed by atoms with Crippen LogP contribution >= 0.6 is 0 Å². The molecule has 0 atom stereocenters. The topological polar surface area (TPSA) is 35.5 Å². The Morgan fingerprint density at radius 1 is 1.25 bits per heavy atom. The summed E-state index contributed by atoms with van der Waals surface area (Å²) in [5.74, 6) is 0.354. The molecule has 1 aromatic rings. The van der Waals surface area contributed by atoms with Crippen LogP contribution in [0.1, 0.15) is 18.4 Å². The third kappa shape index (κ3) is 1.43. The molecule has 0 unspecified atom stereocenters. The fourth-order valence-electron chi connectivity index (χ4n) is 2.63. The molecule has 16 heavy (non-hydrogen) atoms. The van der Waals surface area contributed by atoms with E-state index in [1.807, 2.05) is 0 Å². The molecular formula is C13H18N2O. The van der Waals surface area contributed by atoms with Crippen molar-refractivity contribution in [3.63, 3.8) is 0 Å². The van der Waals surface area contributed by atoms with Crippen molar-refractivity contribution in [2.45, 2.75) is 24.4 Å². The molecule has 3 nitrogen and oxygen atoms in total. The molecule has 1 aromatic carbocycles. The van der Waals surface area contributed by atoms with Crippen molar-refractivity contribution in [3.8, 4) is 5.75 Å². The van der Waals surface area contributed by atoms with Crippen LogP contribution in [0.3, 0.4) is 0 Å². The lowest BCUT2D eigenvalue weighted by Gasteiger charge is -2.41. The molecule has 1 aliphatic carbocycles. The zero-order chi connectivity index (χ0) is 11.2. The second-order valence-corrected chi connectivity index (χ2v) is 5.00. The number of aromatic hydroxyl groups is 1. The Labute approximate surface area is 96.1 Å². The molecule has 0 aromatic heterocycles. The van der Waals surface area contributed by atoms with Gasteiger partial charge in [0.05, 0.1) is 0 Å². The molecule has 1 saturated heterocycles. The predicted molar refractivity (Wildman–Crippen MR) is 63.4 cm³/mol. The third-order valence-electron chi connectivity index (χ3n) is 4.11. The summed E-state index contributed by atoms with van der Waals surface area (Å²) in [5, 5.41) is 12.6. The highest BCUT2D eigenvalue weighted by atomic mass is 16.3. The first-order valence-corrected chi connectivity index (χ1v) is 5.95. The fraction of sp³-hybridized carbons (Fsp3) is 0.538. The largest absolute Gasteiger partial charge is 0.508 e. The van der Waals surface area contributed by atoms with Crippen molar-refractivity contribution in [1.29, 1.82) is 0 Å². The molecule has 0 bridgehead atoms. The Balaban J connectivity index is 1.84. The molecule has 86 valence electrons. The minimum atomic E-state index is 0.250. The van der Waals surface area contributed by atoms with Gasteiger partial charge in [0.2, 0.25) is 0 Å². The van der Waals surface area contributed by atoms with Gasteiger partial charge in [0.25, 0.3) is 0 Å². The van der Waals surface area contributed by atoms with E-state index in [1.54, 1.807) is 12.1 Å². The molecule has 3 rings (SSSR count). The second kappa shape index (κ2) is 3.47. The smallest absolute Gasteiger partial charge is 0.115 e. The number of hydrogen-bond donors (Lipinski definition) is 2. The van der Waals surface area contributed by atoms with E-state index < -0.39 is 0 Å². The maximum Gasteiger partial charge on any atom is 0.115 e. The molecule has 3 heteroatoms. The lowest BCUT2D eigenvalue weighted by Crippen LogP contribution is -2.58. The summed E-state index contributed by atoms with van der Waals surface area (Å²) in [6.07, 6.45) is 2.48. The molecule has 0 radical (unpaired) electrons. The van der Waals surface area contributed by atoms with Gasteiger partial charge in [-0.25, -0.2) is 0 Å². The van der Waals surface area contributed by atoms with Crippen LogP contribution in [0.25, 0.3) is 0 Å². The molecule has 1 heterocycles. The molecule has 2 fully saturated rings. The fourth-order valence-corrected chi connectivity index (χ4v) is 2.63. The summed E-state index contributed by atoms with van der Waals surface area (Å²) in [7, 11) is 2.23. The maximum atomic E-state index is 9.32. The number of likely N-dealkylation sites (N-methyl/N-ethyl adjacent to an activating group) is 1. The van der Waals surface area contributed by atoms with E-state index in [4.69, 9.17) is 0 Å². The van der Waals surface area contributed by atoms with Crippen LogP contribution in [0.15, 0.2) is 24.3 Å². The number of nitrogens with zero attached hydrogens (tertiary/aromatic N) is 1. The quantitative estimate of drug-likeness (QED) is 0.802. The summed E-state index contributed by atoms with van der Waals surface area (Å²) < 4.78 is 0. The molecule has 2 aliphatic rings. The minimum Gasteiger partial charge on any atom is -0.508 e. The van der Waals surface area contributed by atoms with Gasteiger partial charge in [0, 0.05) is 24.7 Å². The average Bonchev–Trinajstić information content (AvgIpc) is 2.97. The summed E-state index contributed by atoms with van der Waals surface area (Å²) in [6.45, 7) is 2.21. The van der Waals surface area contributed by atoms with Gasteiger partial charge in [-0.1, -0.05) is 12.1 Å². The van der Waals surface area contributed by atoms with E-state index in [1.165, 1.54) is 18.4 Å². The van der Waals surface area contributed by atoms with Crippen molar-refractivity contribution < 1.29 is 5.11 Å². The molecular weight excluding hydrogens is 200 g/mol. The number of nitrogens with one attached hydrogen (secondary N) is 1. The molecule has 0 spiro atoms. The van der Waals surface area contributed by atoms with Gasteiger partial charge in [-0.05, 0) is 37.6 Å². The van der Waals surface area contributed by atoms with Crippen LogP contribution in [0.4, 0.5) is 0 Å². The first-order valence-electron chi connectivity index (χ1n) is 5.95. The summed E-state index contributed by atoms with van der Waals surface area (Å²) in [4.78, 5) is 2.51. The Hall–Kier alpha value is -1.06. The van der Waals surface area contributed by atoms with E-state index in [0.717, 1.165) is 13.1 Å². The van der Waals surface area contributed by atoms with Gasteiger partial charge in [0.15, 0.2) is 0 Å². The third-order valence-corrected chi connectivity index (χ3v) is 4.11. The number of benzene rings is 1. The maximum absolute atomic E-state index is 9.32. The summed E-state index contributed by atoms with van der Waals surface area (Å²) in [5.41, 5.74) is 1.60. The van der Waals surface area contributed by atoms with Crippen LogP contribution < -0.4 is 5.32 Å². The van der Waals surface area contributed by atoms with Gasteiger partial charge in [0.1, 0.15) is 5.75 Å². The van der Waals surface area contributed by atoms with Crippen LogP contribution in [-0.4, -0.2) is 36.2 Å². The zero-order valence-corrected chi connectivity index (χ0v) is 9.61. The van der Waals surface area contributed by atoms with Gasteiger partial charge < -0.3 is 10.4 Å². The highest BCUT2D eigenvalue weighted by molar-refractivity contribution is 5.35. The Morgan fingerprint density at radius 3 is 2.31 bits per heavy atom. The zero-order valence-electron chi connectivity index (χ0n) is 9.61. The normalized spacial score (nSPS) is 23.1. The number of phenols is 1. The number of phenolic OH excluding ortho intramolecular Hbond substituents is 1. The second-order valence-electron chi connectivity index (χ2n) is 5.00. The van der Waals surface area contributed by atoms with Crippen LogP contribution in [-0.2, 0) is 5.54 Å². The SMILES string of the molecule is CN(C1CNC1)C1(c2ccc(O)cc2)CC1. The van der Waals surface area contributed by atoms with E-state index in [0.29, 0.717) is 11.8 Å². The first-order chi connectivity index (χ1) is 7.72. The molecule has 2 N–H and O–H groups in total. The van der Waals surface area contributed by atoms with Crippen molar-refractivity contribution >= 4 is 0 Å². The van der Waals surface area contributed by atoms with Crippen LogP contribution in [0, 0.1) is 0 Å². The van der Waals surface area contributed by atoms with Crippen LogP contribution in [0.2, 0.25) is 0 Å². The molecule has 0 amide bonds. The van der Waals surface area contributed by atoms with E-state index in [9.17, 15) is 5.11 Å². The Bertz CT molecular complexity index is 379. The van der Waals surface area contributed by atoms with Gasteiger partial charge in [-0.15, -0.1) is 0 Å². The Morgan fingerprint density at radius 2 is 1.88 bits per heavy atom. The van der Waals surface area contributed by atoms with Crippen molar-refractivity contribution in [1.82, 2.24) is 10.2 Å². The highest BCUT2D eigenvalue weighted by Crippen LogP contribution is 2.51. The first kappa shape index (κ1) is 10.1. The number of rotatable bonds is 3. The van der Waals surface area contributed by atoms with E-state index in [2.05, 4.69) is 29.4 Å². The van der Waals surface area contributed by atoms with E-state index in [-0.39, 0.29) is 5.54 Å². The van der Waals surface area contributed by atoms with Gasteiger partial charge in [-0.3, -0.25) is 4.90 Å². The monoisotopic (exact) mass is 218 g/mol.